The van der Waals surface area contributed by atoms with Crippen molar-refractivity contribution in [3.05, 3.63) is 59.7 Å². The molecule has 0 aliphatic carbocycles. The minimum atomic E-state index is -0.625. The number of nitrogens with two attached hydrogens (primary N) is 1. The molecular weight excluding hydrogens is 284 g/mol. The van der Waals surface area contributed by atoms with Gasteiger partial charge in [0.25, 0.3) is 0 Å². The summed E-state index contributed by atoms with van der Waals surface area (Å²) in [4.78, 5) is 22.6. The molecule has 0 aliphatic rings. The molecular formula is C16H12N2O4. The third-order valence-electron chi connectivity index (χ3n) is 2.72. The topological polar surface area (TPSA) is 102 Å². The van der Waals surface area contributed by atoms with Crippen LogP contribution in [0.15, 0.2) is 48.5 Å². The molecule has 0 aliphatic heterocycles. The lowest BCUT2D eigenvalue weighted by atomic mass is 10.2. The Hall–Kier alpha value is -3.33. The van der Waals surface area contributed by atoms with Gasteiger partial charge in [-0.2, -0.15) is 5.26 Å². The zero-order chi connectivity index (χ0) is 15.9. The van der Waals surface area contributed by atoms with Crippen LogP contribution in [0.1, 0.15) is 15.9 Å². The zero-order valence-corrected chi connectivity index (χ0v) is 11.5. The summed E-state index contributed by atoms with van der Waals surface area (Å²) in [5.74, 6) is -0.605. The van der Waals surface area contributed by atoms with E-state index in [4.69, 9.17) is 20.5 Å². The highest BCUT2D eigenvalue weighted by molar-refractivity contribution is 5.92. The first-order valence-corrected chi connectivity index (χ1v) is 6.32. The fraction of sp³-hybridized carbons (Fsp3) is 0.0625. The third kappa shape index (κ3) is 3.84. The summed E-state index contributed by atoms with van der Waals surface area (Å²) in [6.07, 6.45) is 0. The largest absolute Gasteiger partial charge is 0.481 e. The lowest BCUT2D eigenvalue weighted by Crippen LogP contribution is -2.18. The SMILES string of the molecule is N#Cc1ccccc1OCC(=O)Oc1ccc(C(N)=O)cc1. The van der Waals surface area contributed by atoms with Crippen molar-refractivity contribution in [3.8, 4) is 17.6 Å². The predicted octanol–water partition coefficient (Wildman–Crippen LogP) is 1.64. The maximum atomic E-state index is 11.7. The summed E-state index contributed by atoms with van der Waals surface area (Å²) >= 11 is 0. The number of hydrogen-bond acceptors (Lipinski definition) is 5. The van der Waals surface area contributed by atoms with E-state index >= 15 is 0 Å². The van der Waals surface area contributed by atoms with E-state index < -0.39 is 11.9 Å². The second-order valence-electron chi connectivity index (χ2n) is 4.26. The van der Waals surface area contributed by atoms with Gasteiger partial charge in [-0.05, 0) is 36.4 Å². The molecule has 2 aromatic rings. The molecule has 0 saturated carbocycles. The van der Waals surface area contributed by atoms with Gasteiger partial charge >= 0.3 is 5.97 Å². The molecule has 0 spiro atoms. The Morgan fingerprint density at radius 2 is 1.77 bits per heavy atom. The first-order chi connectivity index (χ1) is 10.6. The van der Waals surface area contributed by atoms with Crippen LogP contribution in [0.5, 0.6) is 11.5 Å². The van der Waals surface area contributed by atoms with Crippen LogP contribution in [0, 0.1) is 11.3 Å². The van der Waals surface area contributed by atoms with Gasteiger partial charge in [-0.25, -0.2) is 4.79 Å². The standard InChI is InChI=1S/C16H12N2O4/c17-9-12-3-1-2-4-14(12)21-10-15(19)22-13-7-5-11(6-8-13)16(18)20/h1-8H,10H2,(H2,18,20). The number of esters is 1. The Morgan fingerprint density at radius 1 is 1.09 bits per heavy atom. The van der Waals surface area contributed by atoms with Crippen molar-refractivity contribution in [3.63, 3.8) is 0 Å². The van der Waals surface area contributed by atoms with E-state index in [9.17, 15) is 9.59 Å². The molecule has 6 nitrogen and oxygen atoms in total. The van der Waals surface area contributed by atoms with Crippen molar-refractivity contribution >= 4 is 11.9 Å². The average molecular weight is 296 g/mol. The highest BCUT2D eigenvalue weighted by Gasteiger charge is 2.09. The number of primary amides is 1. The molecule has 0 heterocycles. The summed E-state index contributed by atoms with van der Waals surface area (Å²) in [5.41, 5.74) is 5.76. The van der Waals surface area contributed by atoms with Crippen molar-refractivity contribution in [1.82, 2.24) is 0 Å². The first-order valence-electron chi connectivity index (χ1n) is 6.32. The second kappa shape index (κ2) is 6.90. The van der Waals surface area contributed by atoms with Gasteiger partial charge in [0, 0.05) is 5.56 Å². The molecule has 2 N–H and O–H groups in total. The maximum absolute atomic E-state index is 11.7. The van der Waals surface area contributed by atoms with Crippen LogP contribution >= 0.6 is 0 Å². The van der Waals surface area contributed by atoms with Crippen LogP contribution in [0.3, 0.4) is 0 Å². The Morgan fingerprint density at radius 3 is 2.41 bits per heavy atom. The van der Waals surface area contributed by atoms with Gasteiger partial charge in [0.15, 0.2) is 6.61 Å². The molecule has 0 aromatic heterocycles. The van der Waals surface area contributed by atoms with Gasteiger partial charge in [-0.15, -0.1) is 0 Å². The van der Waals surface area contributed by atoms with Crippen molar-refractivity contribution in [2.45, 2.75) is 0 Å². The van der Waals surface area contributed by atoms with Crippen LogP contribution in [0.4, 0.5) is 0 Å². The smallest absolute Gasteiger partial charge is 0.349 e. The molecule has 0 bridgehead atoms. The normalized spacial score (nSPS) is 9.59. The highest BCUT2D eigenvalue weighted by Crippen LogP contribution is 2.17. The number of carbonyl (C=O) groups excluding carboxylic acids is 2. The van der Waals surface area contributed by atoms with E-state index in [1.165, 1.54) is 24.3 Å². The monoisotopic (exact) mass is 296 g/mol. The number of nitriles is 1. The summed E-state index contributed by atoms with van der Waals surface area (Å²) in [5, 5.41) is 8.91. The lowest BCUT2D eigenvalue weighted by Gasteiger charge is -2.08. The maximum Gasteiger partial charge on any atom is 0.349 e. The summed E-state index contributed by atoms with van der Waals surface area (Å²) in [7, 11) is 0. The van der Waals surface area contributed by atoms with Crippen LogP contribution in [0.2, 0.25) is 0 Å². The van der Waals surface area contributed by atoms with Crippen molar-refractivity contribution in [2.24, 2.45) is 5.73 Å². The van der Waals surface area contributed by atoms with Crippen molar-refractivity contribution in [2.75, 3.05) is 6.61 Å². The number of nitrogens with zero attached hydrogens (tertiary/aromatic N) is 1. The number of benzene rings is 2. The van der Waals surface area contributed by atoms with Gasteiger partial charge in [-0.1, -0.05) is 12.1 Å². The van der Waals surface area contributed by atoms with E-state index in [1.54, 1.807) is 24.3 Å². The van der Waals surface area contributed by atoms with Gasteiger partial charge < -0.3 is 15.2 Å². The number of ether oxygens (including phenoxy) is 2. The van der Waals surface area contributed by atoms with Crippen LogP contribution in [-0.2, 0) is 4.79 Å². The average Bonchev–Trinajstić information content (AvgIpc) is 2.53. The van der Waals surface area contributed by atoms with E-state index in [-0.39, 0.29) is 12.4 Å². The van der Waals surface area contributed by atoms with Gasteiger partial charge in [0.05, 0.1) is 5.56 Å². The molecule has 1 amide bonds. The summed E-state index contributed by atoms with van der Waals surface area (Å²) < 4.78 is 10.3. The molecule has 0 saturated heterocycles. The Balaban J connectivity index is 1.93. The number of amides is 1. The lowest BCUT2D eigenvalue weighted by molar-refractivity contribution is -0.136. The van der Waals surface area contributed by atoms with E-state index in [1.807, 2.05) is 6.07 Å². The fourth-order valence-corrected chi connectivity index (χ4v) is 1.67. The third-order valence-corrected chi connectivity index (χ3v) is 2.72. The second-order valence-corrected chi connectivity index (χ2v) is 4.26. The van der Waals surface area contributed by atoms with Crippen molar-refractivity contribution in [1.29, 1.82) is 5.26 Å². The van der Waals surface area contributed by atoms with E-state index in [0.29, 0.717) is 16.9 Å². The quantitative estimate of drug-likeness (QED) is 0.667. The van der Waals surface area contributed by atoms with Crippen molar-refractivity contribution < 1.29 is 19.1 Å². The molecule has 0 unspecified atom stereocenters. The van der Waals surface area contributed by atoms with E-state index in [0.717, 1.165) is 0 Å². The van der Waals surface area contributed by atoms with Crippen LogP contribution in [0.25, 0.3) is 0 Å². The summed E-state index contributed by atoms with van der Waals surface area (Å²) in [6.45, 7) is -0.337. The van der Waals surface area contributed by atoms with Gasteiger partial charge in [0.2, 0.25) is 5.91 Å². The minimum absolute atomic E-state index is 0.271. The minimum Gasteiger partial charge on any atom is -0.481 e. The number of hydrogen-bond donors (Lipinski definition) is 1. The van der Waals surface area contributed by atoms with Gasteiger partial charge in [-0.3, -0.25) is 4.79 Å². The van der Waals surface area contributed by atoms with Crippen LogP contribution < -0.4 is 15.2 Å². The zero-order valence-electron chi connectivity index (χ0n) is 11.5. The predicted molar refractivity (Wildman–Crippen MR) is 77.2 cm³/mol. The molecule has 0 radical (unpaired) electrons. The molecule has 22 heavy (non-hydrogen) atoms. The number of carbonyl (C=O) groups is 2. The Labute approximate surface area is 126 Å². The van der Waals surface area contributed by atoms with E-state index in [2.05, 4.69) is 0 Å². The Bertz CT molecular complexity index is 733. The highest BCUT2D eigenvalue weighted by atomic mass is 16.6. The number of para-hydroxylation sites is 1. The Kier molecular flexibility index (Phi) is 4.73. The van der Waals surface area contributed by atoms with Gasteiger partial charge in [0.1, 0.15) is 17.6 Å². The molecule has 2 aromatic carbocycles. The fourth-order valence-electron chi connectivity index (χ4n) is 1.67. The van der Waals surface area contributed by atoms with Crippen LogP contribution in [-0.4, -0.2) is 18.5 Å². The molecule has 110 valence electrons. The molecule has 6 heteroatoms. The molecule has 2 rings (SSSR count). The summed E-state index contributed by atoms with van der Waals surface area (Å²) in [6, 6.07) is 14.4. The molecule has 0 fully saturated rings. The molecule has 0 atom stereocenters. The number of rotatable bonds is 5. The first kappa shape index (κ1) is 15.1.